The van der Waals surface area contributed by atoms with Gasteiger partial charge in [-0.05, 0) is 49.4 Å². The number of aliphatic hydroxyl groups excluding tert-OH is 1. The van der Waals surface area contributed by atoms with Gasteiger partial charge in [-0.15, -0.1) is 0 Å². The predicted octanol–water partition coefficient (Wildman–Crippen LogP) is 3.35. The molecular weight excluding hydrogens is 506 g/mol. The van der Waals surface area contributed by atoms with Crippen molar-refractivity contribution in [3.8, 4) is 0 Å². The van der Waals surface area contributed by atoms with Crippen molar-refractivity contribution in [1.29, 1.82) is 0 Å². The molecule has 2 aliphatic heterocycles. The Hall–Kier alpha value is -0.160. The van der Waals surface area contributed by atoms with Crippen molar-refractivity contribution < 1.29 is 19.4 Å². The molecule has 1 saturated heterocycles. The van der Waals surface area contributed by atoms with E-state index in [2.05, 4.69) is 22.6 Å². The monoisotopic (exact) mass is 528 g/mol. The summed E-state index contributed by atoms with van der Waals surface area (Å²) in [7, 11) is 0. The molecule has 2 aliphatic rings. The Morgan fingerprint density at radius 2 is 2.07 bits per heavy atom. The molecule has 2 atom stereocenters. The molecule has 0 bridgehead atoms. The number of piperazine rings is 1. The van der Waals surface area contributed by atoms with Gasteiger partial charge in [0.15, 0.2) is 0 Å². The molecule has 27 heavy (non-hydrogen) atoms. The first kappa shape index (κ1) is 21.5. The standard InChI is InChI=1S/C18H23Cl2IN2O4/c1-18(2,3)27-17(25)22-4-5-23-10(7-22)8-26-9-12-11(16(23)24)6-13(19)15(21)14(12)20/h6,10,17,25H,4-5,7-9H2,1-3H3/t10-,17?/m1/s1. The Morgan fingerprint density at radius 3 is 2.74 bits per heavy atom. The Bertz CT molecular complexity index is 741. The van der Waals surface area contributed by atoms with Crippen LogP contribution in [0.1, 0.15) is 36.7 Å². The topological polar surface area (TPSA) is 62.2 Å². The predicted molar refractivity (Wildman–Crippen MR) is 112 cm³/mol. The molecule has 1 aromatic carbocycles. The van der Waals surface area contributed by atoms with Gasteiger partial charge in [0, 0.05) is 30.8 Å². The zero-order chi connectivity index (χ0) is 19.9. The minimum atomic E-state index is -1.02. The lowest BCUT2D eigenvalue weighted by atomic mass is 10.0. The second-order valence-electron chi connectivity index (χ2n) is 7.73. The molecule has 2 heterocycles. The molecule has 1 amide bonds. The fourth-order valence-electron chi connectivity index (χ4n) is 3.30. The maximum Gasteiger partial charge on any atom is 0.254 e. The number of ether oxygens (including phenoxy) is 2. The third-order valence-electron chi connectivity index (χ3n) is 4.60. The zero-order valence-electron chi connectivity index (χ0n) is 15.5. The van der Waals surface area contributed by atoms with E-state index in [-0.39, 0.29) is 18.6 Å². The third-order valence-corrected chi connectivity index (χ3v) is 7.07. The highest BCUT2D eigenvalue weighted by molar-refractivity contribution is 14.1. The van der Waals surface area contributed by atoms with Crippen molar-refractivity contribution in [2.45, 2.75) is 45.4 Å². The molecule has 0 radical (unpaired) electrons. The fraction of sp³-hybridized carbons (Fsp3) is 0.611. The van der Waals surface area contributed by atoms with Crippen molar-refractivity contribution in [2.24, 2.45) is 0 Å². The van der Waals surface area contributed by atoms with Crippen LogP contribution in [0.15, 0.2) is 6.07 Å². The minimum absolute atomic E-state index is 0.107. The highest BCUT2D eigenvalue weighted by Crippen LogP contribution is 2.35. The zero-order valence-corrected chi connectivity index (χ0v) is 19.1. The Morgan fingerprint density at radius 1 is 1.37 bits per heavy atom. The van der Waals surface area contributed by atoms with Crippen molar-refractivity contribution in [2.75, 3.05) is 26.2 Å². The molecule has 1 aromatic rings. The highest BCUT2D eigenvalue weighted by Gasteiger charge is 2.37. The fourth-order valence-corrected chi connectivity index (χ4v) is 4.29. The maximum absolute atomic E-state index is 13.2. The SMILES string of the molecule is CC(C)(C)OC(O)N1CCN2C(=O)c3cc(Cl)c(I)c(Cl)c3COC[C@H]2C1. The smallest absolute Gasteiger partial charge is 0.254 e. The Labute approximate surface area is 182 Å². The van der Waals surface area contributed by atoms with Crippen LogP contribution in [0.5, 0.6) is 0 Å². The van der Waals surface area contributed by atoms with Gasteiger partial charge in [0.05, 0.1) is 38.5 Å². The van der Waals surface area contributed by atoms with E-state index in [9.17, 15) is 9.90 Å². The Kier molecular flexibility index (Phi) is 6.62. The van der Waals surface area contributed by atoms with Crippen LogP contribution >= 0.6 is 45.8 Å². The summed E-state index contributed by atoms with van der Waals surface area (Å²) in [6.45, 7) is 7.70. The van der Waals surface area contributed by atoms with E-state index in [1.54, 1.807) is 11.0 Å². The largest absolute Gasteiger partial charge is 0.375 e. The van der Waals surface area contributed by atoms with Crippen molar-refractivity contribution in [3.05, 3.63) is 30.8 Å². The van der Waals surface area contributed by atoms with Gasteiger partial charge >= 0.3 is 0 Å². The molecule has 0 aliphatic carbocycles. The molecular formula is C18H23Cl2IN2O4. The molecule has 3 rings (SSSR count). The first-order valence-corrected chi connectivity index (χ1v) is 10.6. The van der Waals surface area contributed by atoms with Crippen LogP contribution in [0.25, 0.3) is 0 Å². The van der Waals surface area contributed by atoms with Crippen LogP contribution in [0.2, 0.25) is 10.0 Å². The number of nitrogens with zero attached hydrogens (tertiary/aromatic N) is 2. The molecule has 150 valence electrons. The summed E-state index contributed by atoms with van der Waals surface area (Å²) >= 11 is 14.7. The molecule has 0 spiro atoms. The van der Waals surface area contributed by atoms with Crippen LogP contribution in [-0.2, 0) is 16.1 Å². The number of hydrogen-bond donors (Lipinski definition) is 1. The number of carbonyl (C=O) groups excluding carboxylic acids is 1. The molecule has 0 aromatic heterocycles. The van der Waals surface area contributed by atoms with Crippen LogP contribution in [0.3, 0.4) is 0 Å². The summed E-state index contributed by atoms with van der Waals surface area (Å²) < 4.78 is 12.2. The van der Waals surface area contributed by atoms with Gasteiger partial charge < -0.3 is 19.5 Å². The summed E-state index contributed by atoms with van der Waals surface area (Å²) in [6.07, 6.45) is -1.02. The number of halogens is 3. The van der Waals surface area contributed by atoms with E-state index < -0.39 is 12.0 Å². The third kappa shape index (κ3) is 4.71. The van der Waals surface area contributed by atoms with Gasteiger partial charge in [-0.25, -0.2) is 0 Å². The second-order valence-corrected chi connectivity index (χ2v) is 9.60. The average Bonchev–Trinajstić information content (AvgIpc) is 2.58. The number of fused-ring (bicyclic) bond motifs is 2. The molecule has 9 heteroatoms. The van der Waals surface area contributed by atoms with E-state index in [0.29, 0.717) is 47.4 Å². The van der Waals surface area contributed by atoms with Gasteiger partial charge in [-0.2, -0.15) is 0 Å². The first-order valence-electron chi connectivity index (χ1n) is 8.73. The van der Waals surface area contributed by atoms with Crippen molar-refractivity contribution in [3.63, 3.8) is 0 Å². The lowest BCUT2D eigenvalue weighted by Crippen LogP contribution is -2.60. The number of aliphatic hydroxyl groups is 1. The van der Waals surface area contributed by atoms with Gasteiger partial charge in [0.2, 0.25) is 6.41 Å². The second kappa shape index (κ2) is 8.30. The number of carbonyl (C=O) groups is 1. The van der Waals surface area contributed by atoms with Crippen LogP contribution in [-0.4, -0.2) is 65.1 Å². The number of hydrogen-bond acceptors (Lipinski definition) is 5. The molecule has 6 nitrogen and oxygen atoms in total. The van der Waals surface area contributed by atoms with E-state index in [1.165, 1.54) is 0 Å². The minimum Gasteiger partial charge on any atom is -0.375 e. The van der Waals surface area contributed by atoms with Crippen LogP contribution in [0, 0.1) is 3.57 Å². The van der Waals surface area contributed by atoms with E-state index in [4.69, 9.17) is 32.7 Å². The van der Waals surface area contributed by atoms with Crippen molar-refractivity contribution in [1.82, 2.24) is 9.80 Å². The van der Waals surface area contributed by atoms with E-state index in [1.807, 2.05) is 25.7 Å². The average molecular weight is 529 g/mol. The maximum atomic E-state index is 13.2. The summed E-state index contributed by atoms with van der Waals surface area (Å²) in [5.41, 5.74) is 0.690. The van der Waals surface area contributed by atoms with Gasteiger partial charge in [0.1, 0.15) is 0 Å². The molecule has 1 fully saturated rings. The quantitative estimate of drug-likeness (QED) is 0.362. The molecule has 0 saturated carbocycles. The van der Waals surface area contributed by atoms with Gasteiger partial charge in [0.25, 0.3) is 5.91 Å². The van der Waals surface area contributed by atoms with Crippen molar-refractivity contribution >= 4 is 51.7 Å². The number of rotatable bonds is 2. The Balaban J connectivity index is 1.82. The van der Waals surface area contributed by atoms with Gasteiger partial charge in [-0.3, -0.25) is 9.69 Å². The van der Waals surface area contributed by atoms with Crippen LogP contribution < -0.4 is 0 Å². The summed E-state index contributed by atoms with van der Waals surface area (Å²) in [4.78, 5) is 16.8. The number of benzene rings is 1. The molecule has 1 unspecified atom stereocenters. The van der Waals surface area contributed by atoms with E-state index in [0.717, 1.165) is 3.57 Å². The number of amides is 1. The first-order chi connectivity index (χ1) is 12.6. The summed E-state index contributed by atoms with van der Waals surface area (Å²) in [5, 5.41) is 11.3. The highest BCUT2D eigenvalue weighted by atomic mass is 127. The summed E-state index contributed by atoms with van der Waals surface area (Å²) in [5.74, 6) is -0.107. The lowest BCUT2D eigenvalue weighted by Gasteiger charge is -2.44. The van der Waals surface area contributed by atoms with Crippen LogP contribution in [0.4, 0.5) is 0 Å². The summed E-state index contributed by atoms with van der Waals surface area (Å²) in [6, 6.07) is 1.48. The van der Waals surface area contributed by atoms with Gasteiger partial charge in [-0.1, -0.05) is 23.2 Å². The molecule has 1 N–H and O–H groups in total. The lowest BCUT2D eigenvalue weighted by molar-refractivity contribution is -0.247. The van der Waals surface area contributed by atoms with E-state index >= 15 is 0 Å². The normalized spacial score (nSPS) is 22.7.